The van der Waals surface area contributed by atoms with Crippen LogP contribution in [0.3, 0.4) is 0 Å². The third-order valence-electron chi connectivity index (χ3n) is 4.48. The molecule has 0 saturated carbocycles. The molecule has 0 radical (unpaired) electrons. The van der Waals surface area contributed by atoms with Gasteiger partial charge in [-0.3, -0.25) is 0 Å². The van der Waals surface area contributed by atoms with E-state index in [0.717, 1.165) is 5.75 Å². The van der Waals surface area contributed by atoms with E-state index in [4.69, 9.17) is 4.74 Å². The monoisotopic (exact) mass is 280 g/mol. The molecule has 110 valence electrons. The Kier molecular flexibility index (Phi) is 3.52. The van der Waals surface area contributed by atoms with E-state index < -0.39 is 0 Å². The van der Waals surface area contributed by atoms with Crippen LogP contribution in [0, 0.1) is 0 Å². The molecule has 1 aliphatic rings. The van der Waals surface area contributed by atoms with Gasteiger partial charge in [-0.25, -0.2) is 0 Å². The number of hydrogen-bond donors (Lipinski definition) is 0. The van der Waals surface area contributed by atoms with Gasteiger partial charge in [0, 0.05) is 5.56 Å². The first-order valence-electron chi connectivity index (χ1n) is 7.80. The number of hydrogen-bond acceptors (Lipinski definition) is 1. The number of fused-ring (bicyclic) bond motifs is 1. The summed E-state index contributed by atoms with van der Waals surface area (Å²) in [7, 11) is 1.75. The fourth-order valence-corrected chi connectivity index (χ4v) is 3.14. The molecule has 21 heavy (non-hydrogen) atoms. The normalized spacial score (nSPS) is 14.1. The van der Waals surface area contributed by atoms with E-state index in [-0.39, 0.29) is 5.41 Å². The maximum atomic E-state index is 5.59. The Bertz CT molecular complexity index is 662. The molecule has 2 aromatic rings. The van der Waals surface area contributed by atoms with Gasteiger partial charge in [0.05, 0.1) is 7.11 Å². The largest absolute Gasteiger partial charge is 0.496 e. The van der Waals surface area contributed by atoms with Crippen molar-refractivity contribution in [3.63, 3.8) is 0 Å². The fraction of sp³-hybridized carbons (Fsp3) is 0.400. The average molecular weight is 280 g/mol. The second-order valence-corrected chi connectivity index (χ2v) is 7.00. The minimum Gasteiger partial charge on any atom is -0.496 e. The molecule has 0 N–H and O–H groups in total. The zero-order valence-corrected chi connectivity index (χ0v) is 13.5. The Balaban J connectivity index is 2.11. The summed E-state index contributed by atoms with van der Waals surface area (Å²) in [4.78, 5) is 0. The highest BCUT2D eigenvalue weighted by atomic mass is 16.5. The fourth-order valence-electron chi connectivity index (χ4n) is 3.14. The highest BCUT2D eigenvalue weighted by Gasteiger charge is 2.18. The molecule has 0 aromatic heterocycles. The van der Waals surface area contributed by atoms with Gasteiger partial charge in [-0.15, -0.1) is 0 Å². The van der Waals surface area contributed by atoms with Crippen LogP contribution in [0.15, 0.2) is 36.4 Å². The van der Waals surface area contributed by atoms with Crippen molar-refractivity contribution < 1.29 is 4.74 Å². The van der Waals surface area contributed by atoms with E-state index in [1.165, 1.54) is 47.1 Å². The van der Waals surface area contributed by atoms with Crippen molar-refractivity contribution >= 4 is 0 Å². The van der Waals surface area contributed by atoms with Crippen LogP contribution in [-0.2, 0) is 18.3 Å². The smallest absolute Gasteiger partial charge is 0.126 e. The minimum absolute atomic E-state index is 0.151. The zero-order valence-electron chi connectivity index (χ0n) is 13.5. The highest BCUT2D eigenvalue weighted by Crippen LogP contribution is 2.36. The summed E-state index contributed by atoms with van der Waals surface area (Å²) >= 11 is 0. The molecule has 0 fully saturated rings. The summed E-state index contributed by atoms with van der Waals surface area (Å²) in [6.45, 7) is 6.75. The molecule has 1 aliphatic carbocycles. The van der Waals surface area contributed by atoms with Crippen LogP contribution >= 0.6 is 0 Å². The van der Waals surface area contributed by atoms with Crippen molar-refractivity contribution in [3.8, 4) is 16.9 Å². The van der Waals surface area contributed by atoms with Crippen molar-refractivity contribution in [2.75, 3.05) is 7.11 Å². The standard InChI is InChI=1S/C20H24O/c1-20(2,3)17-10-11-19(21-4)18(13-17)16-9-8-14-6-5-7-15(14)12-16/h8-13H,5-7H2,1-4H3. The first kappa shape index (κ1) is 14.2. The van der Waals surface area contributed by atoms with Crippen LogP contribution in [-0.4, -0.2) is 7.11 Å². The highest BCUT2D eigenvalue weighted by molar-refractivity contribution is 5.72. The van der Waals surface area contributed by atoms with Gasteiger partial charge in [-0.2, -0.15) is 0 Å². The maximum Gasteiger partial charge on any atom is 0.126 e. The molecular formula is C20H24O. The summed E-state index contributed by atoms with van der Waals surface area (Å²) in [5, 5.41) is 0. The molecule has 0 unspecified atom stereocenters. The second kappa shape index (κ2) is 5.22. The van der Waals surface area contributed by atoms with Crippen molar-refractivity contribution in [3.05, 3.63) is 53.1 Å². The van der Waals surface area contributed by atoms with Crippen LogP contribution in [0.1, 0.15) is 43.9 Å². The first-order chi connectivity index (χ1) is 9.99. The Hall–Kier alpha value is -1.76. The van der Waals surface area contributed by atoms with E-state index in [0.29, 0.717) is 0 Å². The van der Waals surface area contributed by atoms with Gasteiger partial charge in [-0.1, -0.05) is 45.0 Å². The first-order valence-corrected chi connectivity index (χ1v) is 7.80. The third-order valence-corrected chi connectivity index (χ3v) is 4.48. The Morgan fingerprint density at radius 1 is 0.905 bits per heavy atom. The molecular weight excluding hydrogens is 256 g/mol. The molecule has 1 heteroatoms. The van der Waals surface area contributed by atoms with Crippen molar-refractivity contribution in [2.24, 2.45) is 0 Å². The van der Waals surface area contributed by atoms with Gasteiger partial charge in [0.2, 0.25) is 0 Å². The molecule has 0 atom stereocenters. The van der Waals surface area contributed by atoms with Crippen LogP contribution in [0.25, 0.3) is 11.1 Å². The summed E-state index contributed by atoms with van der Waals surface area (Å²) in [5.41, 5.74) is 7.01. The molecule has 0 aliphatic heterocycles. The maximum absolute atomic E-state index is 5.59. The predicted molar refractivity (Wildman–Crippen MR) is 89.2 cm³/mol. The van der Waals surface area contributed by atoms with Gasteiger partial charge in [0.1, 0.15) is 5.75 Å². The molecule has 0 saturated heterocycles. The third kappa shape index (κ3) is 2.70. The molecule has 0 bridgehead atoms. The Morgan fingerprint density at radius 3 is 2.38 bits per heavy atom. The molecule has 2 aromatic carbocycles. The van der Waals surface area contributed by atoms with E-state index in [1.54, 1.807) is 7.11 Å². The lowest BCUT2D eigenvalue weighted by Crippen LogP contribution is -2.11. The lowest BCUT2D eigenvalue weighted by molar-refractivity contribution is 0.416. The van der Waals surface area contributed by atoms with Crippen LogP contribution in [0.2, 0.25) is 0 Å². The number of rotatable bonds is 2. The van der Waals surface area contributed by atoms with Gasteiger partial charge in [0.15, 0.2) is 0 Å². The molecule has 0 spiro atoms. The minimum atomic E-state index is 0.151. The van der Waals surface area contributed by atoms with Crippen LogP contribution < -0.4 is 4.74 Å². The van der Waals surface area contributed by atoms with Gasteiger partial charge >= 0.3 is 0 Å². The zero-order chi connectivity index (χ0) is 15.0. The van der Waals surface area contributed by atoms with Gasteiger partial charge < -0.3 is 4.74 Å². The molecule has 0 amide bonds. The molecule has 3 rings (SSSR count). The second-order valence-electron chi connectivity index (χ2n) is 7.00. The quantitative estimate of drug-likeness (QED) is 0.739. The summed E-state index contributed by atoms with van der Waals surface area (Å²) in [5.74, 6) is 0.959. The SMILES string of the molecule is COc1ccc(C(C)(C)C)cc1-c1ccc2c(c1)CCC2. The summed E-state index contributed by atoms with van der Waals surface area (Å²) < 4.78 is 5.59. The lowest BCUT2D eigenvalue weighted by atomic mass is 9.85. The van der Waals surface area contributed by atoms with Crippen molar-refractivity contribution in [1.29, 1.82) is 0 Å². The summed E-state index contributed by atoms with van der Waals surface area (Å²) in [6, 6.07) is 13.5. The molecule has 0 heterocycles. The average Bonchev–Trinajstić information content (AvgIpc) is 2.93. The lowest BCUT2D eigenvalue weighted by Gasteiger charge is -2.21. The van der Waals surface area contributed by atoms with Gasteiger partial charge in [-0.05, 0) is 59.1 Å². The Labute approximate surface area is 128 Å². The number of ether oxygens (including phenoxy) is 1. The van der Waals surface area contributed by atoms with E-state index in [1.807, 2.05) is 0 Å². The van der Waals surface area contributed by atoms with Crippen LogP contribution in [0.5, 0.6) is 5.75 Å². The Morgan fingerprint density at radius 2 is 1.67 bits per heavy atom. The van der Waals surface area contributed by atoms with Crippen molar-refractivity contribution in [2.45, 2.75) is 45.4 Å². The molecule has 1 nitrogen and oxygen atoms in total. The number of aryl methyl sites for hydroxylation is 2. The summed E-state index contributed by atoms with van der Waals surface area (Å²) in [6.07, 6.45) is 3.73. The number of methoxy groups -OCH3 is 1. The topological polar surface area (TPSA) is 9.23 Å². The van der Waals surface area contributed by atoms with Gasteiger partial charge in [0.25, 0.3) is 0 Å². The van der Waals surface area contributed by atoms with Crippen molar-refractivity contribution in [1.82, 2.24) is 0 Å². The van der Waals surface area contributed by atoms with E-state index in [2.05, 4.69) is 57.2 Å². The van der Waals surface area contributed by atoms with Crippen LogP contribution in [0.4, 0.5) is 0 Å². The van der Waals surface area contributed by atoms with E-state index >= 15 is 0 Å². The number of benzene rings is 2. The predicted octanol–water partition coefficient (Wildman–Crippen LogP) is 5.15. The van der Waals surface area contributed by atoms with E-state index in [9.17, 15) is 0 Å².